The number of ether oxygens (including phenoxy) is 1. The number of anilines is 1. The lowest BCUT2D eigenvalue weighted by Crippen LogP contribution is -2.51. The van der Waals surface area contributed by atoms with Gasteiger partial charge in [0.25, 0.3) is 0 Å². The van der Waals surface area contributed by atoms with Crippen LogP contribution in [0.3, 0.4) is 0 Å². The highest BCUT2D eigenvalue weighted by molar-refractivity contribution is 6.42. The molecule has 36 heavy (non-hydrogen) atoms. The van der Waals surface area contributed by atoms with Gasteiger partial charge in [-0.25, -0.2) is 4.90 Å². The normalized spacial score (nSPS) is 24.3. The smallest absolute Gasteiger partial charge is 0.241 e. The molecule has 0 aromatic heterocycles. The van der Waals surface area contributed by atoms with Crippen molar-refractivity contribution in [2.45, 2.75) is 11.7 Å². The number of hydrogen-bond acceptors (Lipinski definition) is 5. The van der Waals surface area contributed by atoms with Crippen molar-refractivity contribution in [1.82, 2.24) is 0 Å². The maximum atomic E-state index is 13.8. The Morgan fingerprint density at radius 3 is 2.06 bits per heavy atom. The Kier molecular flexibility index (Phi) is 5.23. The zero-order valence-corrected chi connectivity index (χ0v) is 20.1. The van der Waals surface area contributed by atoms with Crippen LogP contribution in [0.1, 0.15) is 26.3 Å². The molecular formula is C28H17Cl2NO5. The maximum Gasteiger partial charge on any atom is 0.241 e. The molecule has 0 radical (unpaired) electrons. The van der Waals surface area contributed by atoms with E-state index in [1.807, 2.05) is 30.3 Å². The van der Waals surface area contributed by atoms with Crippen molar-refractivity contribution in [3.63, 3.8) is 0 Å². The lowest BCUT2D eigenvalue weighted by atomic mass is 9.78. The number of rotatable bonds is 3. The summed E-state index contributed by atoms with van der Waals surface area (Å²) in [5.74, 6) is -4.86. The van der Waals surface area contributed by atoms with Gasteiger partial charge in [0.2, 0.25) is 29.0 Å². The summed E-state index contributed by atoms with van der Waals surface area (Å²) in [7, 11) is 0. The van der Waals surface area contributed by atoms with E-state index in [1.54, 1.807) is 24.3 Å². The summed E-state index contributed by atoms with van der Waals surface area (Å²) in [5.41, 5.74) is -0.698. The van der Waals surface area contributed by atoms with E-state index in [1.165, 1.54) is 30.3 Å². The summed E-state index contributed by atoms with van der Waals surface area (Å²) in [5, 5.41) is 0.429. The Bertz CT molecular complexity index is 1460. The number of amides is 2. The van der Waals surface area contributed by atoms with E-state index in [-0.39, 0.29) is 26.9 Å². The third kappa shape index (κ3) is 3.08. The molecule has 1 aliphatic carbocycles. The number of Topliss-reactive ketones (excluding diaryl/α,β-unsaturated/α-hetero) is 2. The van der Waals surface area contributed by atoms with Crippen molar-refractivity contribution in [2.75, 3.05) is 4.90 Å². The monoisotopic (exact) mass is 517 g/mol. The molecule has 6 nitrogen and oxygen atoms in total. The molecule has 2 saturated heterocycles. The van der Waals surface area contributed by atoms with Crippen LogP contribution in [0.5, 0.6) is 0 Å². The molecular weight excluding hydrogens is 501 g/mol. The molecule has 2 fully saturated rings. The standard InChI is InChI=1S/C28H17Cl2NO5/c29-19-12-11-16(14-20(19)30)31-26(34)22-21(13-10-15-6-2-1-3-7-15)36-28(23(22)27(31)35)24(32)17-8-4-5-9-18(17)25(28)33/h1-14,21-23H/b13-10+/t21-,22+,23-/m0/s1. The van der Waals surface area contributed by atoms with E-state index in [2.05, 4.69) is 0 Å². The van der Waals surface area contributed by atoms with Crippen LogP contribution in [-0.2, 0) is 14.3 Å². The van der Waals surface area contributed by atoms with Gasteiger partial charge in [0.05, 0.1) is 33.7 Å². The SMILES string of the molecule is O=C1[C@@H]2[C@H](/C=C/c3ccccc3)OC3(C(=O)c4ccccc4C3=O)[C@@H]2C(=O)N1c1ccc(Cl)c(Cl)c1. The minimum Gasteiger partial charge on any atom is -0.350 e. The number of imide groups is 1. The van der Waals surface area contributed by atoms with Crippen molar-refractivity contribution in [3.05, 3.63) is 106 Å². The van der Waals surface area contributed by atoms with Gasteiger partial charge in [0.1, 0.15) is 0 Å². The number of nitrogens with zero attached hydrogens (tertiary/aromatic N) is 1. The second kappa shape index (κ2) is 8.23. The molecule has 6 rings (SSSR count). The Morgan fingerprint density at radius 1 is 0.778 bits per heavy atom. The molecule has 8 heteroatoms. The van der Waals surface area contributed by atoms with Crippen LogP contribution in [0.4, 0.5) is 5.69 Å². The summed E-state index contributed by atoms with van der Waals surface area (Å²) in [6.45, 7) is 0. The quantitative estimate of drug-likeness (QED) is 0.359. The molecule has 3 aromatic rings. The highest BCUT2D eigenvalue weighted by Crippen LogP contribution is 2.53. The molecule has 1 spiro atoms. The predicted octanol–water partition coefficient (Wildman–Crippen LogP) is 5.03. The van der Waals surface area contributed by atoms with Gasteiger partial charge in [0, 0.05) is 11.1 Å². The van der Waals surface area contributed by atoms with Gasteiger partial charge >= 0.3 is 0 Å². The van der Waals surface area contributed by atoms with E-state index < -0.39 is 46.9 Å². The second-order valence-electron chi connectivity index (χ2n) is 8.91. The van der Waals surface area contributed by atoms with Gasteiger partial charge in [-0.15, -0.1) is 0 Å². The first-order valence-corrected chi connectivity index (χ1v) is 12.0. The van der Waals surface area contributed by atoms with Crippen molar-refractivity contribution in [2.24, 2.45) is 11.8 Å². The number of ketones is 2. The van der Waals surface area contributed by atoms with Gasteiger partial charge in [0.15, 0.2) is 0 Å². The lowest BCUT2D eigenvalue weighted by molar-refractivity contribution is -0.126. The molecule has 178 valence electrons. The molecule has 0 saturated carbocycles. The summed E-state index contributed by atoms with van der Waals surface area (Å²) < 4.78 is 6.17. The van der Waals surface area contributed by atoms with E-state index in [4.69, 9.17) is 27.9 Å². The zero-order chi connectivity index (χ0) is 25.2. The molecule has 3 aromatic carbocycles. The largest absolute Gasteiger partial charge is 0.350 e. The third-order valence-electron chi connectivity index (χ3n) is 7.00. The topological polar surface area (TPSA) is 80.8 Å². The highest BCUT2D eigenvalue weighted by Gasteiger charge is 2.74. The lowest BCUT2D eigenvalue weighted by Gasteiger charge is -2.26. The van der Waals surface area contributed by atoms with Crippen LogP contribution in [0.2, 0.25) is 10.0 Å². The minimum atomic E-state index is -2.11. The molecule has 3 aliphatic rings. The average molecular weight is 518 g/mol. The molecule has 0 bridgehead atoms. The number of hydrogen-bond donors (Lipinski definition) is 0. The first kappa shape index (κ1) is 22.9. The van der Waals surface area contributed by atoms with Crippen molar-refractivity contribution < 1.29 is 23.9 Å². The number of halogens is 2. The molecule has 2 heterocycles. The molecule has 3 atom stereocenters. The summed E-state index contributed by atoms with van der Waals surface area (Å²) in [6.07, 6.45) is 2.40. The van der Waals surface area contributed by atoms with Crippen molar-refractivity contribution >= 4 is 58.3 Å². The Labute approximate surface area is 216 Å². The third-order valence-corrected chi connectivity index (χ3v) is 7.73. The maximum absolute atomic E-state index is 13.8. The predicted molar refractivity (Wildman–Crippen MR) is 134 cm³/mol. The van der Waals surface area contributed by atoms with Crippen LogP contribution < -0.4 is 4.90 Å². The number of carbonyl (C=O) groups is 4. The molecule has 0 unspecified atom stereocenters. The van der Waals surface area contributed by atoms with Gasteiger partial charge < -0.3 is 4.74 Å². The fourth-order valence-electron chi connectivity index (χ4n) is 5.39. The number of benzene rings is 3. The van der Waals surface area contributed by atoms with Crippen LogP contribution in [-0.4, -0.2) is 35.1 Å². The van der Waals surface area contributed by atoms with Gasteiger partial charge in [-0.2, -0.15) is 0 Å². The minimum absolute atomic E-state index is 0.165. The summed E-state index contributed by atoms with van der Waals surface area (Å²) in [4.78, 5) is 55.9. The van der Waals surface area contributed by atoms with Crippen LogP contribution >= 0.6 is 23.2 Å². The fourth-order valence-corrected chi connectivity index (χ4v) is 5.68. The average Bonchev–Trinajstić information content (AvgIpc) is 3.45. The Hall–Kier alpha value is -3.58. The van der Waals surface area contributed by atoms with E-state index >= 15 is 0 Å². The van der Waals surface area contributed by atoms with Gasteiger partial charge in [-0.3, -0.25) is 19.2 Å². The van der Waals surface area contributed by atoms with E-state index in [0.29, 0.717) is 0 Å². The van der Waals surface area contributed by atoms with Crippen LogP contribution in [0.15, 0.2) is 78.9 Å². The molecule has 0 N–H and O–H groups in total. The Balaban J connectivity index is 1.49. The highest BCUT2D eigenvalue weighted by atomic mass is 35.5. The van der Waals surface area contributed by atoms with E-state index in [0.717, 1.165) is 10.5 Å². The van der Waals surface area contributed by atoms with Gasteiger partial charge in [-0.1, -0.05) is 90.0 Å². The number of fused-ring (bicyclic) bond motifs is 3. The fraction of sp³-hybridized carbons (Fsp3) is 0.143. The van der Waals surface area contributed by atoms with Crippen molar-refractivity contribution in [3.8, 4) is 0 Å². The first-order chi connectivity index (χ1) is 17.3. The van der Waals surface area contributed by atoms with Crippen LogP contribution in [0.25, 0.3) is 6.08 Å². The zero-order valence-electron chi connectivity index (χ0n) is 18.6. The first-order valence-electron chi connectivity index (χ1n) is 11.3. The number of carbonyl (C=O) groups excluding carboxylic acids is 4. The summed E-state index contributed by atoms with van der Waals surface area (Å²) in [6, 6.07) is 20.1. The van der Waals surface area contributed by atoms with E-state index in [9.17, 15) is 19.2 Å². The van der Waals surface area contributed by atoms with Crippen molar-refractivity contribution in [1.29, 1.82) is 0 Å². The van der Waals surface area contributed by atoms with Gasteiger partial charge in [-0.05, 0) is 23.8 Å². The molecule has 2 amide bonds. The van der Waals surface area contributed by atoms with Crippen LogP contribution in [0, 0.1) is 11.8 Å². The summed E-state index contributed by atoms with van der Waals surface area (Å²) >= 11 is 12.2. The second-order valence-corrected chi connectivity index (χ2v) is 9.72. The Morgan fingerprint density at radius 2 is 1.42 bits per heavy atom. The molecule has 2 aliphatic heterocycles.